The van der Waals surface area contributed by atoms with Crippen molar-refractivity contribution in [1.29, 1.82) is 0 Å². The van der Waals surface area contributed by atoms with Gasteiger partial charge in [-0.25, -0.2) is 0 Å². The molecule has 0 radical (unpaired) electrons. The fourth-order valence-electron chi connectivity index (χ4n) is 2.84. The minimum absolute atomic E-state index is 0.597. The van der Waals surface area contributed by atoms with Crippen LogP contribution in [-0.2, 0) is 6.42 Å². The zero-order valence-corrected chi connectivity index (χ0v) is 11.4. The third-order valence-corrected chi connectivity index (χ3v) is 3.99. The largest absolute Gasteiger partial charge is 0.311 e. The molecule has 2 rings (SSSR count). The highest BCUT2D eigenvalue weighted by atomic mass is 14.9. The van der Waals surface area contributed by atoms with Crippen LogP contribution < -0.4 is 5.32 Å². The highest BCUT2D eigenvalue weighted by Gasteiger charge is 2.16. The SMILES string of the molecule is Cc1ccc(CC(C)NC2CCCC2)cc1C. The Kier molecular flexibility index (Phi) is 4.22. The van der Waals surface area contributed by atoms with Crippen LogP contribution in [0.25, 0.3) is 0 Å². The Hall–Kier alpha value is -0.820. The van der Waals surface area contributed by atoms with Crippen molar-refractivity contribution < 1.29 is 0 Å². The van der Waals surface area contributed by atoms with E-state index in [1.807, 2.05) is 0 Å². The van der Waals surface area contributed by atoms with Gasteiger partial charge in [-0.1, -0.05) is 31.0 Å². The maximum atomic E-state index is 3.76. The van der Waals surface area contributed by atoms with E-state index in [2.05, 4.69) is 44.3 Å². The van der Waals surface area contributed by atoms with E-state index in [9.17, 15) is 0 Å². The summed E-state index contributed by atoms with van der Waals surface area (Å²) in [4.78, 5) is 0. The molecule has 17 heavy (non-hydrogen) atoms. The first-order valence-electron chi connectivity index (χ1n) is 6.97. The normalized spacial score (nSPS) is 18.5. The van der Waals surface area contributed by atoms with Gasteiger partial charge < -0.3 is 5.32 Å². The van der Waals surface area contributed by atoms with Gasteiger partial charge in [0.1, 0.15) is 0 Å². The second-order valence-electron chi connectivity index (χ2n) is 5.67. The molecule has 1 aliphatic carbocycles. The van der Waals surface area contributed by atoms with Crippen LogP contribution in [0.4, 0.5) is 0 Å². The zero-order valence-electron chi connectivity index (χ0n) is 11.4. The maximum Gasteiger partial charge on any atom is 0.00817 e. The first-order valence-corrected chi connectivity index (χ1v) is 6.97. The molecule has 1 saturated carbocycles. The minimum Gasteiger partial charge on any atom is -0.311 e. The summed E-state index contributed by atoms with van der Waals surface area (Å²) in [6, 6.07) is 8.22. The number of rotatable bonds is 4. The number of hydrogen-bond acceptors (Lipinski definition) is 1. The second-order valence-corrected chi connectivity index (χ2v) is 5.67. The molecule has 1 aliphatic rings. The third kappa shape index (κ3) is 3.57. The van der Waals surface area contributed by atoms with Crippen LogP contribution in [-0.4, -0.2) is 12.1 Å². The standard InChI is InChI=1S/C16H25N/c1-12-8-9-15(10-13(12)2)11-14(3)17-16-6-4-5-7-16/h8-10,14,16-17H,4-7,11H2,1-3H3. The van der Waals surface area contributed by atoms with Crippen LogP contribution >= 0.6 is 0 Å². The Morgan fingerprint density at radius 3 is 2.53 bits per heavy atom. The van der Waals surface area contributed by atoms with E-state index in [1.54, 1.807) is 0 Å². The van der Waals surface area contributed by atoms with Crippen LogP contribution in [0, 0.1) is 13.8 Å². The van der Waals surface area contributed by atoms with Crippen molar-refractivity contribution in [2.45, 2.75) is 65.0 Å². The lowest BCUT2D eigenvalue weighted by Crippen LogP contribution is -2.35. The molecule has 1 aromatic rings. The molecule has 1 unspecified atom stereocenters. The van der Waals surface area contributed by atoms with E-state index in [-0.39, 0.29) is 0 Å². The zero-order chi connectivity index (χ0) is 12.3. The van der Waals surface area contributed by atoms with Crippen LogP contribution in [0.1, 0.15) is 49.3 Å². The molecule has 0 heterocycles. The fraction of sp³-hybridized carbons (Fsp3) is 0.625. The minimum atomic E-state index is 0.597. The predicted octanol–water partition coefficient (Wildman–Crippen LogP) is 3.77. The van der Waals surface area contributed by atoms with Crippen molar-refractivity contribution in [3.05, 3.63) is 34.9 Å². The molecule has 1 N–H and O–H groups in total. The monoisotopic (exact) mass is 231 g/mol. The molecule has 0 amide bonds. The summed E-state index contributed by atoms with van der Waals surface area (Å²) in [5, 5.41) is 3.76. The smallest absolute Gasteiger partial charge is 0.00817 e. The molecular formula is C16H25N. The number of hydrogen-bond donors (Lipinski definition) is 1. The van der Waals surface area contributed by atoms with Crippen molar-refractivity contribution in [3.63, 3.8) is 0 Å². The third-order valence-electron chi connectivity index (χ3n) is 3.99. The van der Waals surface area contributed by atoms with Gasteiger partial charge in [-0.15, -0.1) is 0 Å². The van der Waals surface area contributed by atoms with Crippen molar-refractivity contribution in [2.24, 2.45) is 0 Å². The lowest BCUT2D eigenvalue weighted by atomic mass is 10.0. The van der Waals surface area contributed by atoms with E-state index >= 15 is 0 Å². The number of benzene rings is 1. The van der Waals surface area contributed by atoms with E-state index in [0.717, 1.165) is 12.5 Å². The average Bonchev–Trinajstić information content (AvgIpc) is 2.76. The van der Waals surface area contributed by atoms with Gasteiger partial charge in [0.25, 0.3) is 0 Å². The maximum absolute atomic E-state index is 3.76. The van der Waals surface area contributed by atoms with E-state index in [0.29, 0.717) is 6.04 Å². The Labute approximate surface area is 106 Å². The molecule has 1 nitrogen and oxygen atoms in total. The molecular weight excluding hydrogens is 206 g/mol. The Bertz CT molecular complexity index is 364. The molecule has 1 heteroatoms. The average molecular weight is 231 g/mol. The van der Waals surface area contributed by atoms with Gasteiger partial charge in [0, 0.05) is 12.1 Å². The quantitative estimate of drug-likeness (QED) is 0.832. The molecule has 0 aromatic heterocycles. The fourth-order valence-corrected chi connectivity index (χ4v) is 2.84. The van der Waals surface area contributed by atoms with Gasteiger partial charge in [-0.3, -0.25) is 0 Å². The predicted molar refractivity (Wildman–Crippen MR) is 74.5 cm³/mol. The lowest BCUT2D eigenvalue weighted by molar-refractivity contribution is 0.448. The molecule has 1 atom stereocenters. The van der Waals surface area contributed by atoms with Crippen LogP contribution in [0.2, 0.25) is 0 Å². The first kappa shape index (κ1) is 12.6. The summed E-state index contributed by atoms with van der Waals surface area (Å²) >= 11 is 0. The van der Waals surface area contributed by atoms with E-state index < -0.39 is 0 Å². The van der Waals surface area contributed by atoms with Crippen molar-refractivity contribution in [3.8, 4) is 0 Å². The van der Waals surface area contributed by atoms with Gasteiger partial charge in [0.2, 0.25) is 0 Å². The van der Waals surface area contributed by atoms with Crippen molar-refractivity contribution in [2.75, 3.05) is 0 Å². The molecule has 0 aliphatic heterocycles. The summed E-state index contributed by atoms with van der Waals surface area (Å²) in [7, 11) is 0. The highest BCUT2D eigenvalue weighted by Crippen LogP contribution is 2.19. The number of aryl methyl sites for hydroxylation is 2. The van der Waals surface area contributed by atoms with Gasteiger partial charge in [0.15, 0.2) is 0 Å². The Morgan fingerprint density at radius 1 is 1.18 bits per heavy atom. The van der Waals surface area contributed by atoms with Crippen molar-refractivity contribution >= 4 is 0 Å². The second kappa shape index (κ2) is 5.68. The summed E-state index contributed by atoms with van der Waals surface area (Å²) in [5.41, 5.74) is 4.27. The number of nitrogens with one attached hydrogen (secondary N) is 1. The van der Waals surface area contributed by atoms with Crippen LogP contribution in [0.3, 0.4) is 0 Å². The van der Waals surface area contributed by atoms with E-state index in [1.165, 1.54) is 42.4 Å². The molecule has 0 spiro atoms. The van der Waals surface area contributed by atoms with Crippen LogP contribution in [0.5, 0.6) is 0 Å². The summed E-state index contributed by atoms with van der Waals surface area (Å²) in [5.74, 6) is 0. The Balaban J connectivity index is 1.88. The summed E-state index contributed by atoms with van der Waals surface area (Å²) < 4.78 is 0. The summed E-state index contributed by atoms with van der Waals surface area (Å²) in [6.07, 6.45) is 6.72. The van der Waals surface area contributed by atoms with Gasteiger partial charge in [-0.05, 0) is 56.7 Å². The Morgan fingerprint density at radius 2 is 1.88 bits per heavy atom. The molecule has 0 saturated heterocycles. The molecule has 0 bridgehead atoms. The van der Waals surface area contributed by atoms with E-state index in [4.69, 9.17) is 0 Å². The topological polar surface area (TPSA) is 12.0 Å². The van der Waals surface area contributed by atoms with Gasteiger partial charge >= 0.3 is 0 Å². The van der Waals surface area contributed by atoms with Crippen LogP contribution in [0.15, 0.2) is 18.2 Å². The molecule has 1 fully saturated rings. The van der Waals surface area contributed by atoms with Gasteiger partial charge in [-0.2, -0.15) is 0 Å². The lowest BCUT2D eigenvalue weighted by Gasteiger charge is -2.19. The van der Waals surface area contributed by atoms with Crippen molar-refractivity contribution in [1.82, 2.24) is 5.32 Å². The highest BCUT2D eigenvalue weighted by molar-refractivity contribution is 5.30. The summed E-state index contributed by atoms with van der Waals surface area (Å²) in [6.45, 7) is 6.70. The molecule has 94 valence electrons. The molecule has 1 aromatic carbocycles. The first-order chi connectivity index (χ1) is 8.15. The van der Waals surface area contributed by atoms with Gasteiger partial charge in [0.05, 0.1) is 0 Å².